The molecule has 1 aromatic rings. The highest BCUT2D eigenvalue weighted by atomic mass is 79.9. The van der Waals surface area contributed by atoms with Crippen LogP contribution in [0.5, 0.6) is 11.5 Å². The van der Waals surface area contributed by atoms with Gasteiger partial charge in [-0.1, -0.05) is 0 Å². The number of nitrogens with one attached hydrogen (secondary N) is 1. The maximum absolute atomic E-state index is 12.7. The number of nitrogens with zero attached hydrogens (tertiary/aromatic N) is 1. The van der Waals surface area contributed by atoms with Crippen LogP contribution in [-0.2, 0) is 4.74 Å². The Kier molecular flexibility index (Phi) is 6.48. The van der Waals surface area contributed by atoms with E-state index in [9.17, 15) is 4.79 Å². The molecule has 1 aromatic carbocycles. The van der Waals surface area contributed by atoms with E-state index in [2.05, 4.69) is 40.0 Å². The van der Waals surface area contributed by atoms with Gasteiger partial charge in [0.15, 0.2) is 0 Å². The molecule has 134 valence electrons. The Balaban J connectivity index is 2.10. The summed E-state index contributed by atoms with van der Waals surface area (Å²) in [4.78, 5) is 15.0. The number of amides is 1. The van der Waals surface area contributed by atoms with E-state index in [0.717, 1.165) is 26.3 Å². The first-order valence-corrected chi connectivity index (χ1v) is 8.71. The second-order valence-electron chi connectivity index (χ2n) is 6.28. The molecule has 7 heteroatoms. The minimum absolute atomic E-state index is 0.150. The van der Waals surface area contributed by atoms with Gasteiger partial charge in [0.1, 0.15) is 11.5 Å². The van der Waals surface area contributed by atoms with E-state index < -0.39 is 0 Å². The number of carbonyl (C=O) groups is 1. The molecule has 0 aliphatic carbocycles. The summed E-state index contributed by atoms with van der Waals surface area (Å²) in [6, 6.07) is 3.45. The van der Waals surface area contributed by atoms with Gasteiger partial charge < -0.3 is 19.5 Å². The summed E-state index contributed by atoms with van der Waals surface area (Å²) < 4.78 is 16.7. The number of rotatable bonds is 6. The van der Waals surface area contributed by atoms with Crippen LogP contribution in [-0.4, -0.2) is 63.4 Å². The molecule has 6 nitrogen and oxygen atoms in total. The number of morpholine rings is 1. The fourth-order valence-electron chi connectivity index (χ4n) is 2.73. The van der Waals surface area contributed by atoms with Crippen molar-refractivity contribution < 1.29 is 19.0 Å². The van der Waals surface area contributed by atoms with Crippen molar-refractivity contribution in [2.45, 2.75) is 19.4 Å². The number of halogens is 1. The van der Waals surface area contributed by atoms with E-state index in [1.807, 2.05) is 0 Å². The molecule has 0 aromatic heterocycles. The molecule has 24 heavy (non-hydrogen) atoms. The normalized spacial score (nSPS) is 15.9. The van der Waals surface area contributed by atoms with Gasteiger partial charge in [-0.15, -0.1) is 0 Å². The number of hydrogen-bond donors (Lipinski definition) is 1. The Labute approximate surface area is 151 Å². The molecule has 0 unspecified atom stereocenters. The minimum atomic E-state index is -0.187. The number of ether oxygens (including phenoxy) is 3. The summed E-state index contributed by atoms with van der Waals surface area (Å²) in [5.41, 5.74) is 0.296. The second-order valence-corrected chi connectivity index (χ2v) is 7.14. The number of hydrogen-bond acceptors (Lipinski definition) is 5. The molecule has 1 fully saturated rings. The average molecular weight is 401 g/mol. The predicted octanol–water partition coefficient (Wildman–Crippen LogP) is 2.31. The van der Waals surface area contributed by atoms with Crippen molar-refractivity contribution in [1.82, 2.24) is 10.2 Å². The maximum Gasteiger partial charge on any atom is 0.255 e. The van der Waals surface area contributed by atoms with Crippen LogP contribution in [0.2, 0.25) is 0 Å². The van der Waals surface area contributed by atoms with E-state index >= 15 is 0 Å². The van der Waals surface area contributed by atoms with Crippen LogP contribution in [0.4, 0.5) is 0 Å². The molecular weight excluding hydrogens is 376 g/mol. The van der Waals surface area contributed by atoms with Crippen LogP contribution in [0, 0.1) is 0 Å². The van der Waals surface area contributed by atoms with Crippen molar-refractivity contribution in [2.24, 2.45) is 0 Å². The Morgan fingerprint density at radius 1 is 1.29 bits per heavy atom. The zero-order valence-corrected chi connectivity index (χ0v) is 16.2. The lowest BCUT2D eigenvalue weighted by Crippen LogP contribution is -2.55. The fourth-order valence-corrected chi connectivity index (χ4v) is 3.34. The van der Waals surface area contributed by atoms with E-state index in [1.165, 1.54) is 0 Å². The molecule has 1 N–H and O–H groups in total. The Bertz CT molecular complexity index is 586. The van der Waals surface area contributed by atoms with Gasteiger partial charge in [-0.25, -0.2) is 0 Å². The third-order valence-electron chi connectivity index (χ3n) is 4.25. The van der Waals surface area contributed by atoms with Crippen LogP contribution in [0.3, 0.4) is 0 Å². The lowest BCUT2D eigenvalue weighted by Gasteiger charge is -2.40. The Hall–Kier alpha value is -1.31. The summed E-state index contributed by atoms with van der Waals surface area (Å²) in [7, 11) is 3.11. The zero-order valence-electron chi connectivity index (χ0n) is 14.6. The van der Waals surface area contributed by atoms with Crippen molar-refractivity contribution in [3.8, 4) is 11.5 Å². The highest BCUT2D eigenvalue weighted by Gasteiger charge is 2.29. The first kappa shape index (κ1) is 19.0. The molecule has 1 aliphatic heterocycles. The summed E-state index contributed by atoms with van der Waals surface area (Å²) in [6.07, 6.45) is 0. The van der Waals surface area contributed by atoms with Gasteiger partial charge in [0.05, 0.1) is 37.5 Å². The largest absolute Gasteiger partial charge is 0.497 e. The number of carbonyl (C=O) groups excluding carboxylic acids is 1. The molecule has 2 rings (SSSR count). The Morgan fingerprint density at radius 3 is 2.54 bits per heavy atom. The topological polar surface area (TPSA) is 60.0 Å². The average Bonchev–Trinajstić information content (AvgIpc) is 2.59. The third-order valence-corrected chi connectivity index (χ3v) is 4.84. The van der Waals surface area contributed by atoms with Crippen LogP contribution in [0.25, 0.3) is 0 Å². The summed E-state index contributed by atoms with van der Waals surface area (Å²) in [5.74, 6) is 0.908. The van der Waals surface area contributed by atoms with Gasteiger partial charge in [0.2, 0.25) is 0 Å². The van der Waals surface area contributed by atoms with Crippen molar-refractivity contribution in [1.29, 1.82) is 0 Å². The smallest absolute Gasteiger partial charge is 0.255 e. The van der Waals surface area contributed by atoms with Gasteiger partial charge >= 0.3 is 0 Å². The Morgan fingerprint density at radius 2 is 1.96 bits per heavy atom. The molecule has 0 bridgehead atoms. The van der Waals surface area contributed by atoms with Crippen LogP contribution in [0.15, 0.2) is 16.6 Å². The summed E-state index contributed by atoms with van der Waals surface area (Å²) >= 11 is 3.41. The quantitative estimate of drug-likeness (QED) is 0.793. The number of methoxy groups -OCH3 is 2. The summed E-state index contributed by atoms with van der Waals surface area (Å²) in [6.45, 7) is 7.98. The van der Waals surface area contributed by atoms with E-state index in [0.29, 0.717) is 28.1 Å². The SMILES string of the molecule is COc1cc(Br)c(OC)c(C(=O)NCC(C)(C)N2CCOCC2)c1. The monoisotopic (exact) mass is 400 g/mol. The fraction of sp³-hybridized carbons (Fsp3) is 0.588. The van der Waals surface area contributed by atoms with E-state index in [1.54, 1.807) is 26.4 Å². The standard InChI is InChI=1S/C17H25BrN2O4/c1-17(2,20-5-7-24-8-6-20)11-19-16(21)13-9-12(22-3)10-14(18)15(13)23-4/h9-10H,5-8,11H2,1-4H3,(H,19,21). The van der Waals surface area contributed by atoms with Crippen molar-refractivity contribution in [2.75, 3.05) is 47.1 Å². The van der Waals surface area contributed by atoms with Gasteiger partial charge in [-0.05, 0) is 41.9 Å². The second kappa shape index (κ2) is 8.18. The third kappa shape index (κ3) is 4.40. The van der Waals surface area contributed by atoms with Gasteiger partial charge in [0, 0.05) is 25.2 Å². The first-order valence-electron chi connectivity index (χ1n) is 7.91. The van der Waals surface area contributed by atoms with E-state index in [4.69, 9.17) is 14.2 Å². The van der Waals surface area contributed by atoms with Crippen molar-refractivity contribution >= 4 is 21.8 Å². The van der Waals surface area contributed by atoms with Gasteiger partial charge in [-0.3, -0.25) is 9.69 Å². The molecule has 1 saturated heterocycles. The predicted molar refractivity (Wildman–Crippen MR) is 96.1 cm³/mol. The molecule has 1 amide bonds. The molecule has 0 saturated carbocycles. The highest BCUT2D eigenvalue weighted by Crippen LogP contribution is 2.33. The zero-order chi connectivity index (χ0) is 17.7. The summed E-state index contributed by atoms with van der Waals surface area (Å²) in [5, 5.41) is 3.01. The lowest BCUT2D eigenvalue weighted by atomic mass is 10.0. The van der Waals surface area contributed by atoms with Crippen molar-refractivity contribution in [3.05, 3.63) is 22.2 Å². The minimum Gasteiger partial charge on any atom is -0.497 e. The van der Waals surface area contributed by atoms with Crippen LogP contribution < -0.4 is 14.8 Å². The molecule has 1 heterocycles. The molecule has 0 spiro atoms. The highest BCUT2D eigenvalue weighted by molar-refractivity contribution is 9.10. The van der Waals surface area contributed by atoms with Gasteiger partial charge in [-0.2, -0.15) is 0 Å². The van der Waals surface area contributed by atoms with Crippen LogP contribution >= 0.6 is 15.9 Å². The maximum atomic E-state index is 12.7. The molecule has 0 atom stereocenters. The van der Waals surface area contributed by atoms with Gasteiger partial charge in [0.25, 0.3) is 5.91 Å². The van der Waals surface area contributed by atoms with E-state index in [-0.39, 0.29) is 11.4 Å². The van der Waals surface area contributed by atoms with Crippen LogP contribution in [0.1, 0.15) is 24.2 Å². The lowest BCUT2D eigenvalue weighted by molar-refractivity contribution is -0.00924. The molecular formula is C17H25BrN2O4. The molecule has 1 aliphatic rings. The molecule has 0 radical (unpaired) electrons. The first-order chi connectivity index (χ1) is 11.4. The number of benzene rings is 1. The van der Waals surface area contributed by atoms with Crippen molar-refractivity contribution in [3.63, 3.8) is 0 Å².